The highest BCUT2D eigenvalue weighted by Gasteiger charge is 2.47. The van der Waals surface area contributed by atoms with Crippen molar-refractivity contribution in [3.05, 3.63) is 77.6 Å². The number of hydrogen-bond acceptors (Lipinski definition) is 5. The molecule has 2 aliphatic rings. The number of methoxy groups -OCH3 is 1. The number of fused-ring (bicyclic) bond motifs is 1. The zero-order valence-electron chi connectivity index (χ0n) is 20.5. The summed E-state index contributed by atoms with van der Waals surface area (Å²) in [7, 11) is 3.54. The molecule has 2 aromatic heterocycles. The normalized spacial score (nSPS) is 15.5. The predicted octanol–water partition coefficient (Wildman–Crippen LogP) is 4.35. The van der Waals surface area contributed by atoms with Crippen LogP contribution in [0, 0.1) is 6.92 Å². The molecule has 180 valence electrons. The maximum Gasteiger partial charge on any atom is 0.252 e. The van der Waals surface area contributed by atoms with E-state index in [4.69, 9.17) is 4.74 Å². The van der Waals surface area contributed by atoms with Crippen molar-refractivity contribution in [2.24, 2.45) is 7.05 Å². The minimum Gasteiger partial charge on any atom is -0.497 e. The summed E-state index contributed by atoms with van der Waals surface area (Å²) >= 11 is 0. The van der Waals surface area contributed by atoms with Gasteiger partial charge in [-0.1, -0.05) is 12.1 Å². The summed E-state index contributed by atoms with van der Waals surface area (Å²) in [4.78, 5) is 17.9. The Morgan fingerprint density at radius 3 is 2.51 bits per heavy atom. The lowest BCUT2D eigenvalue weighted by molar-refractivity contribution is 0.0930. The van der Waals surface area contributed by atoms with E-state index in [9.17, 15) is 4.79 Å². The summed E-state index contributed by atoms with van der Waals surface area (Å²) in [5, 5.41) is 11.8. The van der Waals surface area contributed by atoms with Crippen LogP contribution in [0.4, 0.5) is 0 Å². The van der Waals surface area contributed by atoms with Gasteiger partial charge in [-0.05, 0) is 86.8 Å². The number of ether oxygens (including phenoxy) is 1. The van der Waals surface area contributed by atoms with Crippen LogP contribution in [0.15, 0.2) is 60.9 Å². The molecule has 0 atom stereocenters. The Morgan fingerprint density at radius 2 is 1.89 bits per heavy atom. The van der Waals surface area contributed by atoms with Crippen LogP contribution >= 0.6 is 0 Å². The van der Waals surface area contributed by atoms with Crippen LogP contribution in [0.1, 0.15) is 40.7 Å². The quantitative estimate of drug-likeness (QED) is 0.454. The number of pyridine rings is 1. The number of hydrogen-bond donors (Lipinski definition) is 2. The fourth-order valence-corrected chi connectivity index (χ4v) is 4.40. The van der Waals surface area contributed by atoms with E-state index in [0.29, 0.717) is 11.3 Å². The lowest BCUT2D eigenvalue weighted by Gasteiger charge is -2.22. The van der Waals surface area contributed by atoms with Crippen molar-refractivity contribution < 1.29 is 9.53 Å². The summed E-state index contributed by atoms with van der Waals surface area (Å²) < 4.78 is 7.17. The van der Waals surface area contributed by atoms with Crippen LogP contribution in [0.5, 0.6) is 5.75 Å². The third kappa shape index (κ3) is 4.64. The zero-order valence-corrected chi connectivity index (χ0v) is 20.5. The first-order valence-electron chi connectivity index (χ1n) is 12.1. The molecule has 0 spiro atoms. The standard InChI is InChI=1S/C25H24N4O2.C3H7N/c1-16-6-7-18(31-3)15-20(16)24(30)28-25(9-10-25)21-13-17(23-8-12-27-29(23)2)14-22-19(21)5-4-11-26-22;1-2-4-3-1/h4-8,11-15H,9-10H2,1-3H3,(H,28,30);4H,1-3H2. The summed E-state index contributed by atoms with van der Waals surface area (Å²) in [5.41, 5.74) is 5.22. The van der Waals surface area contributed by atoms with Gasteiger partial charge in [0.2, 0.25) is 0 Å². The molecule has 7 nitrogen and oxygen atoms in total. The van der Waals surface area contributed by atoms with E-state index in [1.54, 1.807) is 25.6 Å². The molecule has 4 aromatic rings. The van der Waals surface area contributed by atoms with Crippen molar-refractivity contribution in [1.29, 1.82) is 0 Å². The molecule has 2 aromatic carbocycles. The van der Waals surface area contributed by atoms with Gasteiger partial charge in [0.15, 0.2) is 0 Å². The Balaban J connectivity index is 0.000000577. The van der Waals surface area contributed by atoms with Gasteiger partial charge in [0.1, 0.15) is 5.75 Å². The molecule has 1 aliphatic carbocycles. The van der Waals surface area contributed by atoms with Crippen molar-refractivity contribution >= 4 is 16.8 Å². The number of aromatic nitrogens is 3. The second-order valence-electron chi connectivity index (χ2n) is 9.25. The van der Waals surface area contributed by atoms with Crippen molar-refractivity contribution in [3.8, 4) is 17.0 Å². The highest BCUT2D eigenvalue weighted by molar-refractivity contribution is 5.98. The monoisotopic (exact) mass is 469 g/mol. The topological polar surface area (TPSA) is 81.1 Å². The lowest BCUT2D eigenvalue weighted by atomic mass is 9.94. The van der Waals surface area contributed by atoms with Gasteiger partial charge in [0.05, 0.1) is 23.9 Å². The third-order valence-corrected chi connectivity index (χ3v) is 6.85. The number of nitrogens with zero attached hydrogens (tertiary/aromatic N) is 3. The molecule has 35 heavy (non-hydrogen) atoms. The first-order chi connectivity index (χ1) is 17.0. The van der Waals surface area contributed by atoms with E-state index >= 15 is 0 Å². The average Bonchev–Trinajstić information content (AvgIpc) is 3.47. The number of amides is 1. The molecule has 1 amide bonds. The van der Waals surface area contributed by atoms with Crippen molar-refractivity contribution in [3.63, 3.8) is 0 Å². The Bertz CT molecular complexity index is 1370. The van der Waals surface area contributed by atoms with Gasteiger partial charge in [-0.25, -0.2) is 0 Å². The van der Waals surface area contributed by atoms with Crippen molar-refractivity contribution in [2.45, 2.75) is 31.7 Å². The summed E-state index contributed by atoms with van der Waals surface area (Å²) in [5.74, 6) is 0.588. The average molecular weight is 470 g/mol. The van der Waals surface area contributed by atoms with Crippen LogP contribution in [0.25, 0.3) is 22.2 Å². The Labute approximate surface area is 205 Å². The van der Waals surface area contributed by atoms with Crippen LogP contribution in [0.2, 0.25) is 0 Å². The van der Waals surface area contributed by atoms with Crippen LogP contribution < -0.4 is 15.4 Å². The lowest BCUT2D eigenvalue weighted by Crippen LogP contribution is -2.35. The fourth-order valence-electron chi connectivity index (χ4n) is 4.40. The second kappa shape index (κ2) is 9.50. The van der Waals surface area contributed by atoms with Gasteiger partial charge in [-0.15, -0.1) is 0 Å². The SMILES string of the molecule is C1CNC1.COc1ccc(C)c(C(=O)NC2(c3cc(-c4ccnn4C)cc4ncccc34)CC2)c1. The molecule has 3 heterocycles. The minimum absolute atomic E-state index is 0.0862. The number of carbonyl (C=O) groups excluding carboxylic acids is 1. The molecule has 1 aliphatic heterocycles. The minimum atomic E-state index is -0.400. The van der Waals surface area contributed by atoms with E-state index in [1.165, 1.54) is 19.5 Å². The predicted molar refractivity (Wildman–Crippen MR) is 138 cm³/mol. The highest BCUT2D eigenvalue weighted by atomic mass is 16.5. The van der Waals surface area contributed by atoms with E-state index in [2.05, 4.69) is 38.9 Å². The Hall–Kier alpha value is -3.71. The summed E-state index contributed by atoms with van der Waals surface area (Å²) in [6, 6.07) is 15.9. The number of nitrogens with one attached hydrogen (secondary N) is 2. The largest absolute Gasteiger partial charge is 0.497 e. The molecule has 1 saturated carbocycles. The van der Waals surface area contributed by atoms with Gasteiger partial charge in [-0.3, -0.25) is 14.5 Å². The number of benzene rings is 2. The second-order valence-corrected chi connectivity index (χ2v) is 9.25. The molecule has 7 heteroatoms. The van der Waals surface area contributed by atoms with E-state index in [-0.39, 0.29) is 5.91 Å². The van der Waals surface area contributed by atoms with Crippen molar-refractivity contribution in [1.82, 2.24) is 25.4 Å². The molecule has 2 fully saturated rings. The first-order valence-corrected chi connectivity index (χ1v) is 12.1. The molecule has 6 rings (SSSR count). The zero-order chi connectivity index (χ0) is 24.4. The van der Waals surface area contributed by atoms with Crippen LogP contribution in [-0.2, 0) is 12.6 Å². The molecule has 0 unspecified atom stereocenters. The number of carbonyl (C=O) groups is 1. The number of rotatable bonds is 5. The molecule has 1 saturated heterocycles. The molecule has 0 bridgehead atoms. The highest BCUT2D eigenvalue weighted by Crippen LogP contribution is 2.49. The Morgan fingerprint density at radius 1 is 1.11 bits per heavy atom. The van der Waals surface area contributed by atoms with Crippen molar-refractivity contribution in [2.75, 3.05) is 20.2 Å². The summed E-state index contributed by atoms with van der Waals surface area (Å²) in [6.07, 6.45) is 6.76. The van der Waals surface area contributed by atoms with Gasteiger partial charge >= 0.3 is 0 Å². The third-order valence-electron chi connectivity index (χ3n) is 6.85. The summed E-state index contributed by atoms with van der Waals surface area (Å²) in [6.45, 7) is 4.44. The van der Waals surface area contributed by atoms with Gasteiger partial charge in [0.25, 0.3) is 5.91 Å². The number of aryl methyl sites for hydroxylation is 2. The fraction of sp³-hybridized carbons (Fsp3) is 0.321. The first kappa shape index (κ1) is 23.1. The van der Waals surface area contributed by atoms with Crippen LogP contribution in [0.3, 0.4) is 0 Å². The van der Waals surface area contributed by atoms with E-state index < -0.39 is 5.54 Å². The van der Waals surface area contributed by atoms with Gasteiger partial charge in [0, 0.05) is 36.0 Å². The molecular weight excluding hydrogens is 438 g/mol. The molecule has 2 N–H and O–H groups in total. The Kier molecular flexibility index (Phi) is 6.26. The van der Waals surface area contributed by atoms with E-state index in [0.717, 1.165) is 46.1 Å². The van der Waals surface area contributed by atoms with Gasteiger partial charge < -0.3 is 15.4 Å². The van der Waals surface area contributed by atoms with Gasteiger partial charge in [-0.2, -0.15) is 5.10 Å². The van der Waals surface area contributed by atoms with Crippen LogP contribution in [-0.4, -0.2) is 40.9 Å². The smallest absolute Gasteiger partial charge is 0.252 e. The maximum absolute atomic E-state index is 13.3. The van der Waals surface area contributed by atoms with E-state index in [1.807, 2.05) is 42.9 Å². The molecule has 0 radical (unpaired) electrons. The molecular formula is C28H31N5O2. The maximum atomic E-state index is 13.3.